The van der Waals surface area contributed by atoms with Crippen LogP contribution in [0.5, 0.6) is 0 Å². The van der Waals surface area contributed by atoms with Crippen LogP contribution in [0.25, 0.3) is 11.0 Å². The summed E-state index contributed by atoms with van der Waals surface area (Å²) in [6.45, 7) is 3.19. The number of rotatable bonds is 6. The Morgan fingerprint density at radius 2 is 2.19 bits per heavy atom. The highest BCUT2D eigenvalue weighted by molar-refractivity contribution is 7.71. The third-order valence-electron chi connectivity index (χ3n) is 4.24. The van der Waals surface area contributed by atoms with Crippen LogP contribution >= 0.6 is 12.2 Å². The van der Waals surface area contributed by atoms with Gasteiger partial charge in [0, 0.05) is 25.2 Å². The number of ether oxygens (including phenoxy) is 1. The number of carbonyl (C=O) groups excluding carboxylic acids is 1. The van der Waals surface area contributed by atoms with Crippen LogP contribution < -0.4 is 5.32 Å². The monoisotopic (exact) mass is 381 g/mol. The molecule has 3 aromatic rings. The number of amides is 1. The van der Waals surface area contributed by atoms with Gasteiger partial charge in [-0.1, -0.05) is 42.5 Å². The smallest absolute Gasteiger partial charge is 0.407 e. The van der Waals surface area contributed by atoms with Gasteiger partial charge in [0.25, 0.3) is 0 Å². The highest BCUT2D eigenvalue weighted by Gasteiger charge is 2.18. The van der Waals surface area contributed by atoms with Crippen LogP contribution in [0.4, 0.5) is 4.79 Å². The van der Waals surface area contributed by atoms with E-state index in [1.54, 1.807) is 0 Å². The lowest BCUT2D eigenvalue weighted by Gasteiger charge is -2.10. The third kappa shape index (κ3) is 3.99. The van der Waals surface area contributed by atoms with Gasteiger partial charge in [0.05, 0.1) is 17.4 Å². The second-order valence-electron chi connectivity index (χ2n) is 5.85. The van der Waals surface area contributed by atoms with Gasteiger partial charge in [-0.2, -0.15) is 5.26 Å². The Hall–Kier alpha value is -3.18. The maximum atomic E-state index is 11.9. The summed E-state index contributed by atoms with van der Waals surface area (Å²) in [7, 11) is 0. The van der Waals surface area contributed by atoms with E-state index in [2.05, 4.69) is 21.4 Å². The number of aromatic nitrogens is 3. The first-order valence-corrected chi connectivity index (χ1v) is 9.00. The molecule has 0 aliphatic rings. The molecule has 2 aromatic heterocycles. The van der Waals surface area contributed by atoms with E-state index >= 15 is 0 Å². The molecule has 0 radical (unpaired) electrons. The second-order valence-corrected chi connectivity index (χ2v) is 6.23. The summed E-state index contributed by atoms with van der Waals surface area (Å²) >= 11 is 5.31. The van der Waals surface area contributed by atoms with Crippen molar-refractivity contribution in [2.24, 2.45) is 0 Å². The number of aromatic amines is 1. The fourth-order valence-electron chi connectivity index (χ4n) is 3.03. The molecule has 27 heavy (non-hydrogen) atoms. The predicted molar refractivity (Wildman–Crippen MR) is 104 cm³/mol. The van der Waals surface area contributed by atoms with E-state index in [0.717, 1.165) is 16.8 Å². The molecule has 0 saturated carbocycles. The fourth-order valence-corrected chi connectivity index (χ4v) is 3.30. The highest BCUT2D eigenvalue weighted by Crippen LogP contribution is 2.24. The maximum absolute atomic E-state index is 11.9. The molecular formula is C19H19N5O2S. The molecule has 2 heterocycles. The number of hydrogen-bond donors (Lipinski definition) is 2. The minimum Gasteiger partial charge on any atom is -0.445 e. The van der Waals surface area contributed by atoms with Gasteiger partial charge in [-0.15, -0.1) is 0 Å². The lowest BCUT2D eigenvalue weighted by molar-refractivity contribution is 0.140. The first-order chi connectivity index (χ1) is 13.2. The molecule has 3 rings (SSSR count). The van der Waals surface area contributed by atoms with E-state index in [1.807, 2.05) is 41.8 Å². The van der Waals surface area contributed by atoms with Crippen LogP contribution in [0.15, 0.2) is 36.7 Å². The van der Waals surface area contributed by atoms with Crippen LogP contribution in [0.2, 0.25) is 0 Å². The van der Waals surface area contributed by atoms with E-state index in [-0.39, 0.29) is 6.61 Å². The summed E-state index contributed by atoms with van der Waals surface area (Å²) in [5, 5.41) is 12.3. The van der Waals surface area contributed by atoms with Gasteiger partial charge in [0.2, 0.25) is 0 Å². The summed E-state index contributed by atoms with van der Waals surface area (Å²) in [5.41, 5.74) is 3.69. The topological polar surface area (TPSA) is 95.7 Å². The average Bonchev–Trinajstić information content (AvgIpc) is 3.01. The molecule has 0 unspecified atom stereocenters. The standard InChI is InChI=1S/C19H19N5O2S/c1-2-24-15(14(10-20)16-17(24)18(27)23-12-22-16)8-9-21-19(25)26-11-13-6-4-3-5-7-13/h3-7,12H,2,8-9,11H2,1H3,(H,21,25)(H,22,23,27). The summed E-state index contributed by atoms with van der Waals surface area (Å²) in [6.07, 6.45) is 1.48. The van der Waals surface area contributed by atoms with Crippen LogP contribution in [0, 0.1) is 16.0 Å². The molecule has 0 spiro atoms. The second kappa shape index (κ2) is 8.47. The average molecular weight is 381 g/mol. The van der Waals surface area contributed by atoms with Crippen molar-refractivity contribution in [3.05, 3.63) is 58.1 Å². The number of nitrogens with one attached hydrogen (secondary N) is 2. The fraction of sp³-hybridized carbons (Fsp3) is 0.263. The molecule has 0 atom stereocenters. The minimum absolute atomic E-state index is 0.214. The lowest BCUT2D eigenvalue weighted by atomic mass is 10.2. The molecule has 0 aliphatic carbocycles. The number of hydrogen-bond acceptors (Lipinski definition) is 5. The molecule has 8 heteroatoms. The van der Waals surface area contributed by atoms with Crippen molar-refractivity contribution >= 4 is 29.3 Å². The first kappa shape index (κ1) is 18.6. The minimum atomic E-state index is -0.492. The Morgan fingerprint density at radius 1 is 1.41 bits per heavy atom. The summed E-state index contributed by atoms with van der Waals surface area (Å²) in [6, 6.07) is 11.7. The van der Waals surface area contributed by atoms with Crippen LogP contribution in [-0.2, 0) is 24.3 Å². The number of aryl methyl sites for hydroxylation is 1. The summed E-state index contributed by atoms with van der Waals surface area (Å²) in [5.74, 6) is 0. The van der Waals surface area contributed by atoms with Crippen LogP contribution in [0.1, 0.15) is 23.7 Å². The Morgan fingerprint density at radius 3 is 2.89 bits per heavy atom. The molecule has 2 N–H and O–H groups in total. The van der Waals surface area contributed by atoms with E-state index < -0.39 is 6.09 Å². The van der Waals surface area contributed by atoms with Crippen LogP contribution in [0.3, 0.4) is 0 Å². The number of alkyl carbamates (subject to hydrolysis) is 1. The van der Waals surface area contributed by atoms with Crippen molar-refractivity contribution in [3.8, 4) is 6.07 Å². The highest BCUT2D eigenvalue weighted by atomic mass is 32.1. The molecule has 1 amide bonds. The number of H-pyrrole nitrogens is 1. The van der Waals surface area contributed by atoms with E-state index in [0.29, 0.717) is 35.2 Å². The number of nitrogens with zero attached hydrogens (tertiary/aromatic N) is 3. The van der Waals surface area contributed by atoms with Gasteiger partial charge in [0.1, 0.15) is 18.2 Å². The lowest BCUT2D eigenvalue weighted by Crippen LogP contribution is -2.27. The zero-order valence-electron chi connectivity index (χ0n) is 14.9. The Labute approximate surface area is 161 Å². The van der Waals surface area contributed by atoms with Crippen molar-refractivity contribution in [1.82, 2.24) is 19.9 Å². The number of benzene rings is 1. The van der Waals surface area contributed by atoms with Crippen molar-refractivity contribution in [1.29, 1.82) is 5.26 Å². The number of nitriles is 1. The molecule has 1 aromatic carbocycles. The third-order valence-corrected chi connectivity index (χ3v) is 4.54. The van der Waals surface area contributed by atoms with Crippen molar-refractivity contribution in [2.75, 3.05) is 6.54 Å². The molecule has 0 saturated heterocycles. The van der Waals surface area contributed by atoms with Crippen molar-refractivity contribution in [2.45, 2.75) is 26.5 Å². The molecule has 138 valence electrons. The Kier molecular flexibility index (Phi) is 5.84. The molecule has 0 bridgehead atoms. The molecular weight excluding hydrogens is 362 g/mol. The van der Waals surface area contributed by atoms with Gasteiger partial charge in [-0.05, 0) is 12.5 Å². The van der Waals surface area contributed by atoms with Gasteiger partial charge in [-0.3, -0.25) is 0 Å². The number of fused-ring (bicyclic) bond motifs is 1. The quantitative estimate of drug-likeness (QED) is 0.638. The van der Waals surface area contributed by atoms with Gasteiger partial charge < -0.3 is 19.6 Å². The number of carbonyl (C=O) groups is 1. The Balaban J connectivity index is 1.68. The molecule has 7 nitrogen and oxygen atoms in total. The van der Waals surface area contributed by atoms with Gasteiger partial charge in [0.15, 0.2) is 4.64 Å². The Bertz CT molecular complexity index is 1050. The van der Waals surface area contributed by atoms with E-state index in [1.165, 1.54) is 6.33 Å². The normalized spacial score (nSPS) is 10.5. The van der Waals surface area contributed by atoms with E-state index in [9.17, 15) is 10.1 Å². The molecule has 0 aliphatic heterocycles. The predicted octanol–water partition coefficient (Wildman–Crippen LogP) is 3.45. The van der Waals surface area contributed by atoms with Crippen molar-refractivity contribution in [3.63, 3.8) is 0 Å². The SMILES string of the molecule is CCn1c(CCNC(=O)OCc2ccccc2)c(C#N)c2[nH]cnc(=S)c21. The van der Waals surface area contributed by atoms with E-state index in [4.69, 9.17) is 17.0 Å². The largest absolute Gasteiger partial charge is 0.445 e. The zero-order chi connectivity index (χ0) is 19.2. The van der Waals surface area contributed by atoms with Crippen molar-refractivity contribution < 1.29 is 9.53 Å². The maximum Gasteiger partial charge on any atom is 0.407 e. The first-order valence-electron chi connectivity index (χ1n) is 8.59. The molecule has 0 fully saturated rings. The summed E-state index contributed by atoms with van der Waals surface area (Å²) in [4.78, 5) is 19.0. The van der Waals surface area contributed by atoms with Gasteiger partial charge in [-0.25, -0.2) is 9.78 Å². The van der Waals surface area contributed by atoms with Gasteiger partial charge >= 0.3 is 6.09 Å². The van der Waals surface area contributed by atoms with Crippen LogP contribution in [-0.4, -0.2) is 27.2 Å². The zero-order valence-corrected chi connectivity index (χ0v) is 15.7. The summed E-state index contributed by atoms with van der Waals surface area (Å²) < 4.78 is 7.62.